The van der Waals surface area contributed by atoms with Crippen LogP contribution in [0.4, 0.5) is 5.69 Å². The molecule has 1 aliphatic rings. The van der Waals surface area contributed by atoms with E-state index in [2.05, 4.69) is 10.6 Å². The summed E-state index contributed by atoms with van der Waals surface area (Å²) < 4.78 is 30.5. The van der Waals surface area contributed by atoms with Crippen LogP contribution in [-0.2, 0) is 21.4 Å². The lowest BCUT2D eigenvalue weighted by atomic mass is 10.1. The molecule has 2 amide bonds. The normalized spacial score (nSPS) is 13.5. The molecule has 9 heteroatoms. The molecule has 3 rings (SSSR count). The molecule has 0 fully saturated rings. The maximum atomic E-state index is 12.3. The largest absolute Gasteiger partial charge is 0.482 e. The van der Waals surface area contributed by atoms with E-state index in [1.807, 2.05) is 0 Å². The van der Waals surface area contributed by atoms with Gasteiger partial charge in [-0.2, -0.15) is 0 Å². The summed E-state index contributed by atoms with van der Waals surface area (Å²) in [4.78, 5) is 23.8. The first kappa shape index (κ1) is 18.9. The number of amides is 2. The number of rotatable bonds is 5. The topological polar surface area (TPSA) is 105 Å². The summed E-state index contributed by atoms with van der Waals surface area (Å²) in [6.07, 6.45) is 0. The first-order valence-corrected chi connectivity index (χ1v) is 9.58. The standard InChI is InChI=1S/C18H19N3O5S/c1-21(2)27(24,25)14-6-3-12(4-7-14)10-19-18(23)13-5-8-15-16(9-13)26-11-17(22)20-15/h3-9H,10-11H2,1-2H3,(H,19,23)(H,20,22). The fourth-order valence-corrected chi connectivity index (χ4v) is 3.39. The van der Waals surface area contributed by atoms with Crippen LogP contribution in [0.5, 0.6) is 5.75 Å². The molecule has 1 heterocycles. The summed E-state index contributed by atoms with van der Waals surface area (Å²) in [7, 11) is -0.540. The number of fused-ring (bicyclic) bond motifs is 1. The van der Waals surface area contributed by atoms with Crippen LogP contribution in [0.3, 0.4) is 0 Å². The van der Waals surface area contributed by atoms with Gasteiger partial charge in [0.25, 0.3) is 11.8 Å². The Morgan fingerprint density at radius 3 is 2.56 bits per heavy atom. The fourth-order valence-electron chi connectivity index (χ4n) is 2.49. The van der Waals surface area contributed by atoms with Crippen molar-refractivity contribution in [2.75, 3.05) is 26.0 Å². The van der Waals surface area contributed by atoms with Crippen LogP contribution in [0.2, 0.25) is 0 Å². The maximum absolute atomic E-state index is 12.3. The molecule has 8 nitrogen and oxygen atoms in total. The molecule has 0 atom stereocenters. The molecular formula is C18H19N3O5S. The zero-order chi connectivity index (χ0) is 19.6. The average Bonchev–Trinajstić information content (AvgIpc) is 2.65. The quantitative estimate of drug-likeness (QED) is 0.799. The summed E-state index contributed by atoms with van der Waals surface area (Å²) in [5.41, 5.74) is 1.69. The second kappa shape index (κ2) is 7.37. The molecule has 142 valence electrons. The number of nitrogens with zero attached hydrogens (tertiary/aromatic N) is 1. The number of sulfonamides is 1. The van der Waals surface area contributed by atoms with Crippen LogP contribution in [0.25, 0.3) is 0 Å². The number of benzene rings is 2. The van der Waals surface area contributed by atoms with Gasteiger partial charge in [0.15, 0.2) is 6.61 Å². The third-order valence-electron chi connectivity index (χ3n) is 4.03. The van der Waals surface area contributed by atoms with Crippen LogP contribution in [0.1, 0.15) is 15.9 Å². The van der Waals surface area contributed by atoms with E-state index in [9.17, 15) is 18.0 Å². The summed E-state index contributed by atoms with van der Waals surface area (Å²) in [6.45, 7) is 0.163. The van der Waals surface area contributed by atoms with E-state index >= 15 is 0 Å². The Hall–Kier alpha value is -2.91. The first-order valence-electron chi connectivity index (χ1n) is 8.14. The Balaban J connectivity index is 1.65. The van der Waals surface area contributed by atoms with E-state index in [0.717, 1.165) is 9.87 Å². The lowest BCUT2D eigenvalue weighted by molar-refractivity contribution is -0.118. The second-order valence-corrected chi connectivity index (χ2v) is 8.31. The van der Waals surface area contributed by atoms with Gasteiger partial charge >= 0.3 is 0 Å². The average molecular weight is 389 g/mol. The van der Waals surface area contributed by atoms with Gasteiger partial charge in [-0.3, -0.25) is 9.59 Å². The van der Waals surface area contributed by atoms with Crippen molar-refractivity contribution >= 4 is 27.5 Å². The van der Waals surface area contributed by atoms with Gasteiger partial charge < -0.3 is 15.4 Å². The van der Waals surface area contributed by atoms with Gasteiger partial charge in [-0.1, -0.05) is 12.1 Å². The van der Waals surface area contributed by atoms with Crippen molar-refractivity contribution in [1.82, 2.24) is 9.62 Å². The van der Waals surface area contributed by atoms with Crippen LogP contribution >= 0.6 is 0 Å². The molecule has 0 aliphatic carbocycles. The summed E-state index contributed by atoms with van der Waals surface area (Å²) in [5.74, 6) is -0.0942. The Kier molecular flexibility index (Phi) is 5.15. The predicted molar refractivity (Wildman–Crippen MR) is 99.1 cm³/mol. The molecule has 1 aliphatic heterocycles. The molecule has 2 N–H and O–H groups in total. The molecule has 0 bridgehead atoms. The van der Waals surface area contributed by atoms with Crippen LogP contribution in [0.15, 0.2) is 47.4 Å². The van der Waals surface area contributed by atoms with Crippen LogP contribution in [-0.4, -0.2) is 45.2 Å². The highest BCUT2D eigenvalue weighted by Crippen LogP contribution is 2.28. The van der Waals surface area contributed by atoms with E-state index in [-0.39, 0.29) is 29.9 Å². The van der Waals surface area contributed by atoms with Gasteiger partial charge in [0.1, 0.15) is 5.75 Å². The van der Waals surface area contributed by atoms with Gasteiger partial charge in [0.05, 0.1) is 10.6 Å². The summed E-state index contributed by atoms with van der Waals surface area (Å²) in [5, 5.41) is 5.43. The van der Waals surface area contributed by atoms with E-state index in [1.54, 1.807) is 30.3 Å². The monoisotopic (exact) mass is 389 g/mol. The Morgan fingerprint density at radius 2 is 1.89 bits per heavy atom. The molecule has 2 aromatic carbocycles. The minimum atomic E-state index is -3.48. The lowest BCUT2D eigenvalue weighted by Crippen LogP contribution is -2.26. The van der Waals surface area contributed by atoms with Crippen molar-refractivity contribution in [3.8, 4) is 5.75 Å². The van der Waals surface area contributed by atoms with Crippen molar-refractivity contribution in [1.29, 1.82) is 0 Å². The van der Waals surface area contributed by atoms with E-state index in [4.69, 9.17) is 4.74 Å². The van der Waals surface area contributed by atoms with E-state index in [0.29, 0.717) is 17.0 Å². The van der Waals surface area contributed by atoms with Gasteiger partial charge in [0.2, 0.25) is 10.0 Å². The summed E-state index contributed by atoms with van der Waals surface area (Å²) in [6, 6.07) is 11.1. The number of hydrogen-bond acceptors (Lipinski definition) is 5. The van der Waals surface area contributed by atoms with E-state index in [1.165, 1.54) is 26.2 Å². The van der Waals surface area contributed by atoms with Crippen molar-refractivity contribution in [2.24, 2.45) is 0 Å². The zero-order valence-electron chi connectivity index (χ0n) is 14.9. The number of anilines is 1. The lowest BCUT2D eigenvalue weighted by Gasteiger charge is -2.18. The summed E-state index contributed by atoms with van der Waals surface area (Å²) >= 11 is 0. The molecule has 0 unspecified atom stereocenters. The molecule has 0 spiro atoms. The third-order valence-corrected chi connectivity index (χ3v) is 5.86. The van der Waals surface area contributed by atoms with Gasteiger partial charge in [-0.05, 0) is 35.9 Å². The minimum Gasteiger partial charge on any atom is -0.482 e. The Labute approximate surface area is 157 Å². The highest BCUT2D eigenvalue weighted by atomic mass is 32.2. The van der Waals surface area contributed by atoms with Crippen LogP contribution in [0, 0.1) is 0 Å². The molecule has 27 heavy (non-hydrogen) atoms. The number of hydrogen-bond donors (Lipinski definition) is 2. The van der Waals surface area contributed by atoms with Crippen molar-refractivity contribution in [3.63, 3.8) is 0 Å². The SMILES string of the molecule is CN(C)S(=O)(=O)c1ccc(CNC(=O)c2ccc3c(c2)OCC(=O)N3)cc1. The molecule has 0 saturated heterocycles. The smallest absolute Gasteiger partial charge is 0.262 e. The minimum absolute atomic E-state index is 0.0831. The van der Waals surface area contributed by atoms with E-state index < -0.39 is 10.0 Å². The van der Waals surface area contributed by atoms with Gasteiger partial charge in [-0.15, -0.1) is 0 Å². The Bertz CT molecular complexity index is 985. The number of carbonyl (C=O) groups excluding carboxylic acids is 2. The molecule has 0 saturated carbocycles. The molecular weight excluding hydrogens is 370 g/mol. The predicted octanol–water partition coefficient (Wildman–Crippen LogP) is 1.20. The third kappa shape index (κ3) is 4.09. The highest BCUT2D eigenvalue weighted by Gasteiger charge is 2.18. The maximum Gasteiger partial charge on any atom is 0.262 e. The second-order valence-electron chi connectivity index (χ2n) is 6.16. The van der Waals surface area contributed by atoms with Crippen LogP contribution < -0.4 is 15.4 Å². The van der Waals surface area contributed by atoms with Crippen molar-refractivity contribution in [2.45, 2.75) is 11.4 Å². The molecule has 0 radical (unpaired) electrons. The number of nitrogens with one attached hydrogen (secondary N) is 2. The first-order chi connectivity index (χ1) is 12.8. The number of ether oxygens (including phenoxy) is 1. The Morgan fingerprint density at radius 1 is 1.19 bits per heavy atom. The zero-order valence-corrected chi connectivity index (χ0v) is 15.7. The van der Waals surface area contributed by atoms with Crippen molar-refractivity contribution in [3.05, 3.63) is 53.6 Å². The van der Waals surface area contributed by atoms with Gasteiger partial charge in [0, 0.05) is 26.2 Å². The van der Waals surface area contributed by atoms with Gasteiger partial charge in [-0.25, -0.2) is 12.7 Å². The molecule has 0 aromatic heterocycles. The number of carbonyl (C=O) groups is 2. The van der Waals surface area contributed by atoms with Crippen molar-refractivity contribution < 1.29 is 22.7 Å². The molecule has 2 aromatic rings. The highest BCUT2D eigenvalue weighted by molar-refractivity contribution is 7.89. The fraction of sp³-hybridized carbons (Fsp3) is 0.222.